The Hall–Kier alpha value is -4.32. The first-order valence-corrected chi connectivity index (χ1v) is 11.5. The molecule has 1 saturated heterocycles. The second kappa shape index (κ2) is 6.60. The molecule has 3 atom stereocenters. The standard InChI is InChI=1S/C28H22N4O2/c29-21-17-28(30-15-14-19-10-4-6-12-22(19)30)20-11-5-7-13-23(20)31-26(34)24(32(25(21)33)27(28)31)16-18-8-2-1-3-9-18/h1-15,17,24,27H,16,29H2/t24-,27-,28+/m0/s1. The van der Waals surface area contributed by atoms with Gasteiger partial charge >= 0.3 is 0 Å². The number of fused-ring (bicyclic) bond motifs is 4. The van der Waals surface area contributed by atoms with Crippen molar-refractivity contribution in [3.8, 4) is 0 Å². The molecule has 3 aliphatic rings. The quantitative estimate of drug-likeness (QED) is 0.525. The summed E-state index contributed by atoms with van der Waals surface area (Å²) < 4.78 is 2.18. The van der Waals surface area contributed by atoms with Crippen molar-refractivity contribution in [1.29, 1.82) is 0 Å². The van der Waals surface area contributed by atoms with Crippen LogP contribution in [0.5, 0.6) is 0 Å². The molecule has 6 heteroatoms. The SMILES string of the molecule is NC1=C[C@@]2(n3ccc4ccccc43)c3ccccc3N3C(=O)[C@H](Cc4ccccc4)N(C1=O)[C@H]32. The molecule has 7 rings (SSSR count). The summed E-state index contributed by atoms with van der Waals surface area (Å²) in [5.41, 5.74) is 9.61. The number of hydrogen-bond donors (Lipinski definition) is 1. The first kappa shape index (κ1) is 19.2. The van der Waals surface area contributed by atoms with Crippen LogP contribution in [0.1, 0.15) is 11.1 Å². The van der Waals surface area contributed by atoms with Crippen LogP contribution in [0.25, 0.3) is 10.9 Å². The van der Waals surface area contributed by atoms with Gasteiger partial charge in [0.2, 0.25) is 0 Å². The van der Waals surface area contributed by atoms with Crippen LogP contribution < -0.4 is 10.6 Å². The zero-order valence-corrected chi connectivity index (χ0v) is 18.3. The van der Waals surface area contributed by atoms with E-state index in [-0.39, 0.29) is 17.5 Å². The van der Waals surface area contributed by atoms with Gasteiger partial charge in [-0.1, -0.05) is 66.7 Å². The lowest BCUT2D eigenvalue weighted by molar-refractivity contribution is -0.135. The summed E-state index contributed by atoms with van der Waals surface area (Å²) in [6.45, 7) is 0. The van der Waals surface area contributed by atoms with Gasteiger partial charge in [-0.2, -0.15) is 0 Å². The van der Waals surface area contributed by atoms with E-state index in [9.17, 15) is 9.59 Å². The van der Waals surface area contributed by atoms with Crippen LogP contribution in [0.15, 0.2) is 103 Å². The fourth-order valence-corrected chi connectivity index (χ4v) is 6.12. The number of carbonyl (C=O) groups is 2. The van der Waals surface area contributed by atoms with Gasteiger partial charge in [0.1, 0.15) is 17.7 Å². The fraction of sp³-hybridized carbons (Fsp3) is 0.143. The molecule has 4 heterocycles. The number of amides is 2. The summed E-state index contributed by atoms with van der Waals surface area (Å²) in [6, 6.07) is 27.4. The van der Waals surface area contributed by atoms with Crippen LogP contribution in [0.2, 0.25) is 0 Å². The van der Waals surface area contributed by atoms with Gasteiger partial charge in [-0.15, -0.1) is 0 Å². The number of nitrogens with zero attached hydrogens (tertiary/aromatic N) is 3. The zero-order chi connectivity index (χ0) is 23.0. The predicted molar refractivity (Wildman–Crippen MR) is 130 cm³/mol. The van der Waals surface area contributed by atoms with E-state index in [2.05, 4.69) is 22.8 Å². The molecule has 166 valence electrons. The van der Waals surface area contributed by atoms with E-state index in [0.717, 1.165) is 27.7 Å². The van der Waals surface area contributed by atoms with Crippen LogP contribution in [-0.4, -0.2) is 33.5 Å². The van der Waals surface area contributed by atoms with Gasteiger partial charge in [0, 0.05) is 23.7 Å². The Labute approximate surface area is 196 Å². The molecule has 3 aliphatic heterocycles. The second-order valence-electron chi connectivity index (χ2n) is 9.19. The lowest BCUT2D eigenvalue weighted by Gasteiger charge is -2.44. The Kier molecular flexibility index (Phi) is 3.73. The molecule has 2 N–H and O–H groups in total. The summed E-state index contributed by atoms with van der Waals surface area (Å²) in [5.74, 6) is -0.363. The average Bonchev–Trinajstić information content (AvgIpc) is 3.51. The number of para-hydroxylation sites is 2. The van der Waals surface area contributed by atoms with Crippen LogP contribution in [-0.2, 0) is 21.5 Å². The number of carbonyl (C=O) groups excluding carboxylic acids is 2. The van der Waals surface area contributed by atoms with Crippen molar-refractivity contribution in [2.75, 3.05) is 4.90 Å². The molecule has 34 heavy (non-hydrogen) atoms. The molecule has 2 amide bonds. The van der Waals surface area contributed by atoms with E-state index in [1.807, 2.05) is 83.9 Å². The molecule has 0 aliphatic carbocycles. The summed E-state index contributed by atoms with van der Waals surface area (Å²) in [4.78, 5) is 31.1. The van der Waals surface area contributed by atoms with Gasteiger partial charge in [-0.3, -0.25) is 14.5 Å². The Morgan fingerprint density at radius 1 is 0.853 bits per heavy atom. The van der Waals surface area contributed by atoms with Gasteiger partial charge in [0.15, 0.2) is 0 Å². The fourth-order valence-electron chi connectivity index (χ4n) is 6.12. The van der Waals surface area contributed by atoms with E-state index in [1.165, 1.54) is 0 Å². The first-order valence-electron chi connectivity index (χ1n) is 11.5. The highest BCUT2D eigenvalue weighted by Crippen LogP contribution is 2.55. The lowest BCUT2D eigenvalue weighted by atomic mass is 9.84. The third-order valence-corrected chi connectivity index (χ3v) is 7.48. The smallest absolute Gasteiger partial charge is 0.271 e. The van der Waals surface area contributed by atoms with Gasteiger partial charge in [-0.05, 0) is 35.2 Å². The van der Waals surface area contributed by atoms with Crippen molar-refractivity contribution in [2.45, 2.75) is 24.2 Å². The number of aromatic nitrogens is 1. The summed E-state index contributed by atoms with van der Waals surface area (Å²) in [6.07, 6.45) is 3.82. The average molecular weight is 447 g/mol. The molecule has 0 unspecified atom stereocenters. The van der Waals surface area contributed by atoms with Crippen LogP contribution in [0.4, 0.5) is 5.69 Å². The number of hydrogen-bond acceptors (Lipinski definition) is 3. The largest absolute Gasteiger partial charge is 0.394 e. The van der Waals surface area contributed by atoms with E-state index >= 15 is 0 Å². The highest BCUT2D eigenvalue weighted by molar-refractivity contribution is 6.10. The van der Waals surface area contributed by atoms with Crippen molar-refractivity contribution in [3.63, 3.8) is 0 Å². The monoisotopic (exact) mass is 446 g/mol. The third-order valence-electron chi connectivity index (χ3n) is 7.48. The molecule has 6 nitrogen and oxygen atoms in total. The molecular weight excluding hydrogens is 424 g/mol. The van der Waals surface area contributed by atoms with Crippen molar-refractivity contribution in [3.05, 3.63) is 114 Å². The molecule has 0 saturated carbocycles. The first-order chi connectivity index (χ1) is 16.6. The van der Waals surface area contributed by atoms with Crippen molar-refractivity contribution >= 4 is 28.4 Å². The maximum absolute atomic E-state index is 14.0. The molecule has 1 aromatic heterocycles. The van der Waals surface area contributed by atoms with E-state index in [0.29, 0.717) is 6.42 Å². The van der Waals surface area contributed by atoms with Crippen molar-refractivity contribution < 1.29 is 9.59 Å². The third kappa shape index (κ3) is 2.25. The predicted octanol–water partition coefficient (Wildman–Crippen LogP) is 3.37. The van der Waals surface area contributed by atoms with Gasteiger partial charge in [0.25, 0.3) is 11.8 Å². The Balaban J connectivity index is 1.51. The number of benzene rings is 3. The molecular formula is C28H22N4O2. The Bertz CT molecular complexity index is 1520. The normalized spacial score (nSPS) is 25.0. The topological polar surface area (TPSA) is 71.6 Å². The van der Waals surface area contributed by atoms with E-state index < -0.39 is 17.7 Å². The number of anilines is 1. The van der Waals surface area contributed by atoms with Crippen molar-refractivity contribution in [2.24, 2.45) is 5.73 Å². The number of rotatable bonds is 3. The minimum atomic E-state index is -0.821. The summed E-state index contributed by atoms with van der Waals surface area (Å²) in [7, 11) is 0. The Morgan fingerprint density at radius 3 is 2.44 bits per heavy atom. The maximum Gasteiger partial charge on any atom is 0.271 e. The van der Waals surface area contributed by atoms with Crippen LogP contribution in [0.3, 0.4) is 0 Å². The van der Waals surface area contributed by atoms with E-state index in [1.54, 1.807) is 4.90 Å². The molecule has 4 aromatic rings. The number of nitrogens with two attached hydrogens (primary N) is 1. The van der Waals surface area contributed by atoms with Crippen LogP contribution in [0, 0.1) is 0 Å². The van der Waals surface area contributed by atoms with Gasteiger partial charge in [0.05, 0.1) is 11.4 Å². The molecule has 1 fully saturated rings. The zero-order valence-electron chi connectivity index (χ0n) is 18.3. The van der Waals surface area contributed by atoms with E-state index in [4.69, 9.17) is 5.73 Å². The van der Waals surface area contributed by atoms with Gasteiger partial charge in [-0.25, -0.2) is 0 Å². The molecule has 0 radical (unpaired) electrons. The minimum absolute atomic E-state index is 0.0731. The summed E-state index contributed by atoms with van der Waals surface area (Å²) >= 11 is 0. The second-order valence-corrected chi connectivity index (χ2v) is 9.19. The highest BCUT2D eigenvalue weighted by atomic mass is 16.2. The highest BCUT2D eigenvalue weighted by Gasteiger charge is 2.65. The van der Waals surface area contributed by atoms with Crippen LogP contribution >= 0.6 is 0 Å². The van der Waals surface area contributed by atoms with Gasteiger partial charge < -0.3 is 15.2 Å². The Morgan fingerprint density at radius 2 is 1.59 bits per heavy atom. The summed E-state index contributed by atoms with van der Waals surface area (Å²) in [5, 5.41) is 1.09. The maximum atomic E-state index is 14.0. The minimum Gasteiger partial charge on any atom is -0.394 e. The lowest BCUT2D eigenvalue weighted by Crippen LogP contribution is -2.60. The molecule has 0 bridgehead atoms. The molecule has 0 spiro atoms. The molecule has 3 aromatic carbocycles. The van der Waals surface area contributed by atoms with Crippen molar-refractivity contribution in [1.82, 2.24) is 9.47 Å².